The Morgan fingerprint density at radius 2 is 1.96 bits per heavy atom. The lowest BCUT2D eigenvalue weighted by atomic mass is 10.2. The van der Waals surface area contributed by atoms with Gasteiger partial charge in [0, 0.05) is 12.6 Å². The smallest absolute Gasteiger partial charge is 0.309 e. The molecule has 0 unspecified atom stereocenters. The number of nitrogens with one attached hydrogen (secondary N) is 2. The number of carbonyl (C=O) groups is 3. The van der Waals surface area contributed by atoms with E-state index in [9.17, 15) is 14.4 Å². The Hall–Kier alpha value is -2.57. The average molecular weight is 320 g/mol. The number of anilines is 2. The quantitative estimate of drug-likeness (QED) is 0.779. The molecule has 1 fully saturated rings. The zero-order chi connectivity index (χ0) is 17.0. The number of benzene rings is 1. The van der Waals surface area contributed by atoms with Crippen molar-refractivity contribution >= 4 is 29.2 Å². The number of methoxy groups -OCH3 is 1. The van der Waals surface area contributed by atoms with E-state index >= 15 is 0 Å². The summed E-state index contributed by atoms with van der Waals surface area (Å²) in [4.78, 5) is 34.6. The Labute approximate surface area is 134 Å². The molecule has 1 saturated carbocycles. The summed E-state index contributed by atoms with van der Waals surface area (Å²) in [6, 6.07) is 4.85. The van der Waals surface area contributed by atoms with Gasteiger partial charge < -0.3 is 20.1 Å². The van der Waals surface area contributed by atoms with Gasteiger partial charge in [0.2, 0.25) is 5.91 Å². The van der Waals surface area contributed by atoms with Crippen LogP contribution in [0.2, 0.25) is 0 Å². The molecule has 7 heteroatoms. The fraction of sp³-hybridized carbons (Fsp3) is 0.438. The standard InChI is InChI=1S/C16H20N2O5/c1-9-6-12(9)16(21)23-8-15(20)18-13-7-11(17-10(2)19)4-5-14(13)22-3/h4-5,7,9,12H,6,8H2,1-3H3,(H,17,19)(H,18,20)/t9-,12+/m1/s1. The second-order valence-corrected chi connectivity index (χ2v) is 5.57. The molecule has 0 aromatic heterocycles. The van der Waals surface area contributed by atoms with Crippen LogP contribution in [-0.2, 0) is 19.1 Å². The molecule has 7 nitrogen and oxygen atoms in total. The highest BCUT2D eigenvalue weighted by atomic mass is 16.5. The number of ether oxygens (including phenoxy) is 2. The molecule has 124 valence electrons. The summed E-state index contributed by atoms with van der Waals surface area (Å²) in [7, 11) is 1.47. The molecule has 1 aromatic rings. The first-order valence-corrected chi connectivity index (χ1v) is 7.32. The van der Waals surface area contributed by atoms with Crippen LogP contribution in [0.5, 0.6) is 5.75 Å². The molecule has 0 heterocycles. The number of carbonyl (C=O) groups excluding carboxylic acids is 3. The topological polar surface area (TPSA) is 93.7 Å². The summed E-state index contributed by atoms with van der Waals surface area (Å²) in [6.07, 6.45) is 0.813. The van der Waals surface area contributed by atoms with Gasteiger partial charge in [0.15, 0.2) is 6.61 Å². The SMILES string of the molecule is COc1ccc(NC(C)=O)cc1NC(=O)COC(=O)[C@H]1C[C@H]1C. The second kappa shape index (κ2) is 7.13. The third kappa shape index (κ3) is 4.70. The first-order chi connectivity index (χ1) is 10.9. The van der Waals surface area contributed by atoms with Crippen LogP contribution >= 0.6 is 0 Å². The minimum atomic E-state index is -0.468. The number of rotatable bonds is 6. The Morgan fingerprint density at radius 1 is 1.26 bits per heavy atom. The van der Waals surface area contributed by atoms with Crippen molar-refractivity contribution in [2.75, 3.05) is 24.4 Å². The molecule has 1 aliphatic rings. The van der Waals surface area contributed by atoms with Crippen molar-refractivity contribution in [1.29, 1.82) is 0 Å². The second-order valence-electron chi connectivity index (χ2n) is 5.57. The van der Waals surface area contributed by atoms with Gasteiger partial charge in [0.05, 0.1) is 18.7 Å². The van der Waals surface area contributed by atoms with Gasteiger partial charge in [-0.2, -0.15) is 0 Å². The molecule has 2 atom stereocenters. The number of hydrogen-bond donors (Lipinski definition) is 2. The fourth-order valence-corrected chi connectivity index (χ4v) is 2.17. The van der Waals surface area contributed by atoms with Crippen molar-refractivity contribution in [3.8, 4) is 5.75 Å². The molecular formula is C16H20N2O5. The molecule has 1 aromatic carbocycles. The van der Waals surface area contributed by atoms with Crippen LogP contribution in [-0.4, -0.2) is 31.5 Å². The number of esters is 1. The largest absolute Gasteiger partial charge is 0.495 e. The van der Waals surface area contributed by atoms with E-state index in [1.165, 1.54) is 14.0 Å². The minimum absolute atomic E-state index is 0.0829. The van der Waals surface area contributed by atoms with Crippen molar-refractivity contribution in [3.05, 3.63) is 18.2 Å². The highest BCUT2D eigenvalue weighted by Crippen LogP contribution is 2.38. The van der Waals surface area contributed by atoms with E-state index in [0.717, 1.165) is 6.42 Å². The molecular weight excluding hydrogens is 300 g/mol. The molecule has 0 bridgehead atoms. The molecule has 23 heavy (non-hydrogen) atoms. The maximum atomic E-state index is 11.9. The lowest BCUT2D eigenvalue weighted by molar-refractivity contribution is -0.148. The average Bonchev–Trinajstić information content (AvgIpc) is 3.21. The maximum absolute atomic E-state index is 11.9. The molecule has 2 amide bonds. The molecule has 0 saturated heterocycles. The van der Waals surface area contributed by atoms with Crippen molar-refractivity contribution < 1.29 is 23.9 Å². The summed E-state index contributed by atoms with van der Waals surface area (Å²) in [5, 5.41) is 5.23. The molecule has 1 aliphatic carbocycles. The van der Waals surface area contributed by atoms with E-state index in [2.05, 4.69) is 10.6 Å². The van der Waals surface area contributed by atoms with Crippen LogP contribution in [0.15, 0.2) is 18.2 Å². The Balaban J connectivity index is 1.95. The van der Waals surface area contributed by atoms with Gasteiger partial charge >= 0.3 is 5.97 Å². The number of amides is 2. The first kappa shape index (κ1) is 16.8. The van der Waals surface area contributed by atoms with Crippen LogP contribution in [0.3, 0.4) is 0 Å². The first-order valence-electron chi connectivity index (χ1n) is 7.32. The monoisotopic (exact) mass is 320 g/mol. The van der Waals surface area contributed by atoms with Gasteiger partial charge in [-0.05, 0) is 30.5 Å². The summed E-state index contributed by atoms with van der Waals surface area (Å²) >= 11 is 0. The molecule has 2 N–H and O–H groups in total. The van der Waals surface area contributed by atoms with E-state index < -0.39 is 5.91 Å². The minimum Gasteiger partial charge on any atom is -0.495 e. The van der Waals surface area contributed by atoms with Crippen LogP contribution in [0.4, 0.5) is 11.4 Å². The molecule has 0 aliphatic heterocycles. The summed E-state index contributed by atoms with van der Waals surface area (Å²) in [6.45, 7) is 3.00. The van der Waals surface area contributed by atoms with Crippen LogP contribution in [0.1, 0.15) is 20.3 Å². The van der Waals surface area contributed by atoms with E-state index in [4.69, 9.17) is 9.47 Å². The number of hydrogen-bond acceptors (Lipinski definition) is 5. The molecule has 0 radical (unpaired) electrons. The lowest BCUT2D eigenvalue weighted by Crippen LogP contribution is -2.22. The third-order valence-corrected chi connectivity index (χ3v) is 3.55. The van der Waals surface area contributed by atoms with Crippen molar-refractivity contribution in [1.82, 2.24) is 0 Å². The van der Waals surface area contributed by atoms with Crippen LogP contribution < -0.4 is 15.4 Å². The Kier molecular flexibility index (Phi) is 5.20. The Morgan fingerprint density at radius 3 is 2.52 bits per heavy atom. The van der Waals surface area contributed by atoms with Crippen molar-refractivity contribution in [2.24, 2.45) is 11.8 Å². The van der Waals surface area contributed by atoms with Crippen LogP contribution in [0.25, 0.3) is 0 Å². The van der Waals surface area contributed by atoms with Gasteiger partial charge in [-0.25, -0.2) is 0 Å². The van der Waals surface area contributed by atoms with E-state index in [1.807, 2.05) is 6.92 Å². The summed E-state index contributed by atoms with van der Waals surface area (Å²) in [5.41, 5.74) is 0.914. The van der Waals surface area contributed by atoms with Crippen molar-refractivity contribution in [2.45, 2.75) is 20.3 Å². The van der Waals surface area contributed by atoms with Gasteiger partial charge in [-0.3, -0.25) is 14.4 Å². The highest BCUT2D eigenvalue weighted by molar-refractivity contribution is 5.96. The molecule has 0 spiro atoms. The van der Waals surface area contributed by atoms with Crippen LogP contribution in [0, 0.1) is 11.8 Å². The van der Waals surface area contributed by atoms with E-state index in [1.54, 1.807) is 18.2 Å². The Bertz CT molecular complexity index is 629. The highest BCUT2D eigenvalue weighted by Gasteiger charge is 2.40. The van der Waals surface area contributed by atoms with E-state index in [-0.39, 0.29) is 24.4 Å². The summed E-state index contributed by atoms with van der Waals surface area (Å²) < 4.78 is 10.1. The van der Waals surface area contributed by atoms with Gasteiger partial charge in [0.1, 0.15) is 5.75 Å². The zero-order valence-electron chi connectivity index (χ0n) is 13.3. The lowest BCUT2D eigenvalue weighted by Gasteiger charge is -2.12. The predicted octanol–water partition coefficient (Wildman–Crippen LogP) is 1.79. The normalized spacial score (nSPS) is 18.7. The summed E-state index contributed by atoms with van der Waals surface area (Å²) in [5.74, 6) is -0.341. The molecule has 2 rings (SSSR count). The predicted molar refractivity (Wildman–Crippen MR) is 84.2 cm³/mol. The van der Waals surface area contributed by atoms with Gasteiger partial charge in [-0.1, -0.05) is 6.92 Å². The maximum Gasteiger partial charge on any atom is 0.309 e. The van der Waals surface area contributed by atoms with E-state index in [0.29, 0.717) is 23.0 Å². The van der Waals surface area contributed by atoms with Crippen molar-refractivity contribution in [3.63, 3.8) is 0 Å². The van der Waals surface area contributed by atoms with Gasteiger partial charge in [0.25, 0.3) is 5.91 Å². The zero-order valence-corrected chi connectivity index (χ0v) is 13.3. The fourth-order valence-electron chi connectivity index (χ4n) is 2.17. The third-order valence-electron chi connectivity index (χ3n) is 3.55. The van der Waals surface area contributed by atoms with Gasteiger partial charge in [-0.15, -0.1) is 0 Å².